The minimum Gasteiger partial charge on any atom is -0.368 e. The fourth-order valence-electron chi connectivity index (χ4n) is 3.94. The van der Waals surface area contributed by atoms with Gasteiger partial charge in [0, 0.05) is 26.1 Å². The van der Waals surface area contributed by atoms with Gasteiger partial charge in [-0.25, -0.2) is 0 Å². The molecule has 0 aliphatic carbocycles. The summed E-state index contributed by atoms with van der Waals surface area (Å²) in [5.41, 5.74) is 5.28. The first-order chi connectivity index (χ1) is 11.4. The molecule has 2 saturated heterocycles. The lowest BCUT2D eigenvalue weighted by Gasteiger charge is -2.47. The molecule has 7 heteroatoms. The Balaban J connectivity index is 1.94. The summed E-state index contributed by atoms with van der Waals surface area (Å²) >= 11 is 0. The lowest BCUT2D eigenvalue weighted by Crippen LogP contribution is -2.55. The maximum Gasteiger partial charge on any atom is 0.239 e. The molecular formula is C17H30N4O3. The van der Waals surface area contributed by atoms with Gasteiger partial charge in [-0.15, -0.1) is 0 Å². The summed E-state index contributed by atoms with van der Waals surface area (Å²) in [5, 5.41) is 3.11. The third kappa shape index (κ3) is 4.26. The Morgan fingerprint density at radius 3 is 2.50 bits per heavy atom. The number of carbonyl (C=O) groups excluding carboxylic acids is 3. The lowest BCUT2D eigenvalue weighted by atomic mass is 9.72. The zero-order valence-corrected chi connectivity index (χ0v) is 14.8. The van der Waals surface area contributed by atoms with Gasteiger partial charge in [-0.3, -0.25) is 14.4 Å². The molecule has 0 saturated carbocycles. The van der Waals surface area contributed by atoms with Crippen molar-refractivity contribution in [2.24, 2.45) is 11.1 Å². The molecule has 2 rings (SSSR count). The molecule has 0 bridgehead atoms. The summed E-state index contributed by atoms with van der Waals surface area (Å²) in [4.78, 5) is 39.3. The second-order valence-electron chi connectivity index (χ2n) is 7.17. The summed E-state index contributed by atoms with van der Waals surface area (Å²) < 4.78 is 0. The number of nitrogens with two attached hydrogens (primary N) is 1. The van der Waals surface area contributed by atoms with E-state index in [1.165, 1.54) is 0 Å². The van der Waals surface area contributed by atoms with Gasteiger partial charge in [0.1, 0.15) is 0 Å². The Kier molecular flexibility index (Phi) is 6.21. The zero-order valence-electron chi connectivity index (χ0n) is 14.8. The van der Waals surface area contributed by atoms with Crippen molar-refractivity contribution in [2.75, 3.05) is 33.2 Å². The number of carbonyl (C=O) groups is 3. The molecule has 7 nitrogen and oxygen atoms in total. The normalized spacial score (nSPS) is 21.8. The molecular weight excluding hydrogens is 308 g/mol. The standard InChI is InChI=1S/C17H30N4O3/c1-3-4-13(19-2)16(24)20-9-7-17(8-10-20)6-5-15(23)21(12-17)11-14(18)22/h13,19H,3-12H2,1-2H3,(H2,18,22)/t13-/m0/s1. The van der Waals surface area contributed by atoms with E-state index in [0.29, 0.717) is 13.0 Å². The van der Waals surface area contributed by atoms with Crippen LogP contribution in [0.5, 0.6) is 0 Å². The SMILES string of the molecule is CCC[C@H](NC)C(=O)N1CCC2(CCC(=O)N(CC(N)=O)C2)CC1. The van der Waals surface area contributed by atoms with Crippen molar-refractivity contribution in [3.05, 3.63) is 0 Å². The van der Waals surface area contributed by atoms with Gasteiger partial charge in [0.2, 0.25) is 17.7 Å². The fraction of sp³-hybridized carbons (Fsp3) is 0.824. The summed E-state index contributed by atoms with van der Waals surface area (Å²) in [6.07, 6.45) is 4.88. The quantitative estimate of drug-likeness (QED) is 0.717. The maximum absolute atomic E-state index is 12.6. The molecule has 2 aliphatic rings. The molecule has 1 atom stereocenters. The van der Waals surface area contributed by atoms with Crippen molar-refractivity contribution < 1.29 is 14.4 Å². The van der Waals surface area contributed by atoms with E-state index in [2.05, 4.69) is 12.2 Å². The van der Waals surface area contributed by atoms with Gasteiger partial charge in [0.15, 0.2) is 0 Å². The second kappa shape index (κ2) is 7.96. The molecule has 0 aromatic carbocycles. The molecule has 3 amide bonds. The predicted octanol–water partition coefficient (Wildman–Crippen LogP) is 0.0910. The average molecular weight is 338 g/mol. The van der Waals surface area contributed by atoms with Crippen LogP contribution in [-0.4, -0.2) is 66.8 Å². The molecule has 24 heavy (non-hydrogen) atoms. The first-order valence-electron chi connectivity index (χ1n) is 8.93. The molecule has 2 heterocycles. The van der Waals surface area contributed by atoms with E-state index in [1.807, 2.05) is 11.9 Å². The number of nitrogens with one attached hydrogen (secondary N) is 1. The van der Waals surface area contributed by atoms with Gasteiger partial charge in [-0.1, -0.05) is 13.3 Å². The number of nitrogens with zero attached hydrogens (tertiary/aromatic N) is 2. The molecule has 0 aromatic rings. The molecule has 0 unspecified atom stereocenters. The number of hydrogen-bond acceptors (Lipinski definition) is 4. The second-order valence-corrected chi connectivity index (χ2v) is 7.17. The fourth-order valence-corrected chi connectivity index (χ4v) is 3.94. The van der Waals surface area contributed by atoms with Crippen LogP contribution in [0.25, 0.3) is 0 Å². The number of primary amides is 1. The molecule has 0 radical (unpaired) electrons. The van der Waals surface area contributed by atoms with Crippen LogP contribution in [0.2, 0.25) is 0 Å². The minimum absolute atomic E-state index is 0.00154. The largest absolute Gasteiger partial charge is 0.368 e. The van der Waals surface area contributed by atoms with E-state index < -0.39 is 5.91 Å². The molecule has 3 N–H and O–H groups in total. The van der Waals surface area contributed by atoms with Crippen molar-refractivity contribution in [2.45, 2.75) is 51.5 Å². The Morgan fingerprint density at radius 2 is 1.96 bits per heavy atom. The smallest absolute Gasteiger partial charge is 0.239 e. The van der Waals surface area contributed by atoms with E-state index >= 15 is 0 Å². The van der Waals surface area contributed by atoms with E-state index in [1.54, 1.807) is 4.90 Å². The van der Waals surface area contributed by atoms with E-state index in [4.69, 9.17) is 5.73 Å². The van der Waals surface area contributed by atoms with Crippen LogP contribution in [0.3, 0.4) is 0 Å². The van der Waals surface area contributed by atoms with Gasteiger partial charge in [0.05, 0.1) is 12.6 Å². The Morgan fingerprint density at radius 1 is 1.29 bits per heavy atom. The number of amides is 3. The zero-order chi connectivity index (χ0) is 17.7. The molecule has 136 valence electrons. The Bertz CT molecular complexity index is 486. The monoisotopic (exact) mass is 338 g/mol. The summed E-state index contributed by atoms with van der Waals surface area (Å²) in [5.74, 6) is -0.282. The topological polar surface area (TPSA) is 95.7 Å². The minimum atomic E-state index is -0.468. The van der Waals surface area contributed by atoms with Crippen LogP contribution in [0.4, 0.5) is 0 Å². The molecule has 1 spiro atoms. The number of rotatable bonds is 6. The average Bonchev–Trinajstić information content (AvgIpc) is 2.56. The summed E-state index contributed by atoms with van der Waals surface area (Å²) in [7, 11) is 1.83. The Hall–Kier alpha value is -1.63. The van der Waals surface area contributed by atoms with Gasteiger partial charge in [0.25, 0.3) is 0 Å². The van der Waals surface area contributed by atoms with Crippen molar-refractivity contribution in [3.8, 4) is 0 Å². The molecule has 2 fully saturated rings. The summed E-state index contributed by atoms with van der Waals surface area (Å²) in [6, 6.07) is -0.108. The third-order valence-electron chi connectivity index (χ3n) is 5.45. The number of piperidine rings is 2. The van der Waals surface area contributed by atoms with Crippen LogP contribution < -0.4 is 11.1 Å². The number of likely N-dealkylation sites (N-methyl/N-ethyl adjacent to an activating group) is 1. The summed E-state index contributed by atoms with van der Waals surface area (Å²) in [6.45, 7) is 4.11. The van der Waals surface area contributed by atoms with Gasteiger partial charge in [-0.2, -0.15) is 0 Å². The van der Waals surface area contributed by atoms with Crippen LogP contribution in [0, 0.1) is 5.41 Å². The number of hydrogen-bond donors (Lipinski definition) is 2. The maximum atomic E-state index is 12.6. The highest BCUT2D eigenvalue weighted by Crippen LogP contribution is 2.40. The van der Waals surface area contributed by atoms with Crippen LogP contribution in [-0.2, 0) is 14.4 Å². The lowest BCUT2D eigenvalue weighted by molar-refractivity contribution is -0.145. The van der Waals surface area contributed by atoms with Crippen molar-refractivity contribution >= 4 is 17.7 Å². The van der Waals surface area contributed by atoms with Crippen LogP contribution >= 0.6 is 0 Å². The first kappa shape index (κ1) is 18.7. The highest BCUT2D eigenvalue weighted by atomic mass is 16.2. The first-order valence-corrected chi connectivity index (χ1v) is 8.93. The highest BCUT2D eigenvalue weighted by molar-refractivity contribution is 5.84. The Labute approximate surface area is 143 Å². The van der Waals surface area contributed by atoms with Gasteiger partial charge in [-0.05, 0) is 38.1 Å². The molecule has 2 aliphatic heterocycles. The molecule has 0 aromatic heterocycles. The van der Waals surface area contributed by atoms with Crippen molar-refractivity contribution in [3.63, 3.8) is 0 Å². The van der Waals surface area contributed by atoms with Crippen molar-refractivity contribution in [1.29, 1.82) is 0 Å². The van der Waals surface area contributed by atoms with Crippen molar-refractivity contribution in [1.82, 2.24) is 15.1 Å². The van der Waals surface area contributed by atoms with Crippen LogP contribution in [0.15, 0.2) is 0 Å². The highest BCUT2D eigenvalue weighted by Gasteiger charge is 2.42. The third-order valence-corrected chi connectivity index (χ3v) is 5.45. The van der Waals surface area contributed by atoms with E-state index in [9.17, 15) is 14.4 Å². The van der Waals surface area contributed by atoms with Gasteiger partial charge >= 0.3 is 0 Å². The van der Waals surface area contributed by atoms with Gasteiger partial charge < -0.3 is 20.9 Å². The van der Waals surface area contributed by atoms with Crippen LogP contribution in [0.1, 0.15) is 45.4 Å². The van der Waals surface area contributed by atoms with E-state index in [-0.39, 0.29) is 29.8 Å². The number of likely N-dealkylation sites (tertiary alicyclic amines) is 2. The predicted molar refractivity (Wildman–Crippen MR) is 91.0 cm³/mol. The van der Waals surface area contributed by atoms with E-state index in [0.717, 1.165) is 45.2 Å².